The van der Waals surface area contributed by atoms with E-state index in [0.29, 0.717) is 18.3 Å². The minimum atomic E-state index is -0.496. The van der Waals surface area contributed by atoms with Crippen LogP contribution in [-0.4, -0.2) is 54.1 Å². The van der Waals surface area contributed by atoms with E-state index in [1.165, 1.54) is 7.11 Å². The van der Waals surface area contributed by atoms with Gasteiger partial charge in [0.05, 0.1) is 12.0 Å². The average Bonchev–Trinajstić information content (AvgIpc) is 3.26. The number of methoxy groups -OCH3 is 1. The monoisotopic (exact) mass is 295 g/mol. The zero-order chi connectivity index (χ0) is 15.4. The van der Waals surface area contributed by atoms with Crippen molar-refractivity contribution in [2.75, 3.05) is 39.6 Å². The summed E-state index contributed by atoms with van der Waals surface area (Å²) in [5.41, 5.74) is -0.188. The molecule has 2 rings (SSSR count). The van der Waals surface area contributed by atoms with Gasteiger partial charge in [-0.1, -0.05) is 0 Å². The average molecular weight is 295 g/mol. The molecule has 1 saturated carbocycles. The maximum absolute atomic E-state index is 11.2. The molecule has 1 aromatic heterocycles. The fraction of sp³-hybridized carbons (Fsp3) is 0.692. The normalized spacial score (nSPS) is 14.3. The molecule has 0 atom stereocenters. The molecule has 1 N–H and O–H groups in total. The largest absolute Gasteiger partial charge is 0.476 e. The molecule has 0 saturated heterocycles. The Bertz CT molecular complexity index is 517. The van der Waals surface area contributed by atoms with E-state index in [2.05, 4.69) is 20.2 Å². The molecule has 0 spiro atoms. The lowest BCUT2D eigenvalue weighted by atomic mass is 10.3. The predicted octanol–water partition coefficient (Wildman–Crippen LogP) is 1.63. The highest BCUT2D eigenvalue weighted by Gasteiger charge is 2.32. The number of nitro groups is 1. The van der Waals surface area contributed by atoms with Crippen LogP contribution in [0.1, 0.15) is 31.0 Å². The Balaban J connectivity index is 2.18. The predicted molar refractivity (Wildman–Crippen MR) is 78.9 cm³/mol. The summed E-state index contributed by atoms with van der Waals surface area (Å²) in [5.74, 6) is 1.23. The number of hydrogen-bond donors (Lipinski definition) is 1. The van der Waals surface area contributed by atoms with Crippen molar-refractivity contribution in [1.29, 1.82) is 0 Å². The number of nitrogens with one attached hydrogen (secondary N) is 1. The van der Waals surface area contributed by atoms with Crippen molar-refractivity contribution >= 4 is 11.5 Å². The summed E-state index contributed by atoms with van der Waals surface area (Å²) in [4.78, 5) is 21.3. The molecular formula is C13H21N5O3. The molecule has 0 unspecified atom stereocenters. The molecule has 8 heteroatoms. The SMILES string of the molecule is COc1nc(C2CC2)nc(NCCCN(C)C)c1[N+](=O)[O-]. The van der Waals surface area contributed by atoms with E-state index < -0.39 is 4.92 Å². The third-order valence-corrected chi connectivity index (χ3v) is 3.26. The zero-order valence-corrected chi connectivity index (χ0v) is 12.6. The van der Waals surface area contributed by atoms with Crippen LogP contribution in [0.4, 0.5) is 11.5 Å². The number of anilines is 1. The first-order chi connectivity index (χ1) is 10.0. The van der Waals surface area contributed by atoms with Crippen LogP contribution in [0.5, 0.6) is 5.88 Å². The number of rotatable bonds is 8. The molecule has 116 valence electrons. The van der Waals surface area contributed by atoms with Crippen molar-refractivity contribution in [3.63, 3.8) is 0 Å². The minimum Gasteiger partial charge on any atom is -0.476 e. The zero-order valence-electron chi connectivity index (χ0n) is 12.6. The second-order valence-electron chi connectivity index (χ2n) is 5.40. The molecule has 21 heavy (non-hydrogen) atoms. The van der Waals surface area contributed by atoms with Gasteiger partial charge < -0.3 is 15.0 Å². The summed E-state index contributed by atoms with van der Waals surface area (Å²) in [6.07, 6.45) is 2.93. The van der Waals surface area contributed by atoms with Crippen molar-refractivity contribution < 1.29 is 9.66 Å². The summed E-state index contributed by atoms with van der Waals surface area (Å²) < 4.78 is 5.07. The molecule has 0 aliphatic heterocycles. The first-order valence-corrected chi connectivity index (χ1v) is 7.01. The molecule has 8 nitrogen and oxygen atoms in total. The molecule has 1 aliphatic rings. The number of aromatic nitrogens is 2. The van der Waals surface area contributed by atoms with Crippen LogP contribution in [-0.2, 0) is 0 Å². The Kier molecular flexibility index (Phi) is 4.89. The van der Waals surface area contributed by atoms with Gasteiger partial charge in [0.25, 0.3) is 5.88 Å². The molecule has 0 aromatic carbocycles. The summed E-state index contributed by atoms with van der Waals surface area (Å²) >= 11 is 0. The quantitative estimate of drug-likeness (QED) is 0.442. The molecule has 1 aromatic rings. The maximum atomic E-state index is 11.2. The molecule has 1 heterocycles. The van der Waals surface area contributed by atoms with E-state index in [-0.39, 0.29) is 17.4 Å². The Morgan fingerprint density at radius 3 is 2.67 bits per heavy atom. The number of nitrogens with zero attached hydrogens (tertiary/aromatic N) is 4. The lowest BCUT2D eigenvalue weighted by molar-refractivity contribution is -0.385. The highest BCUT2D eigenvalue weighted by molar-refractivity contribution is 5.62. The van der Waals surface area contributed by atoms with E-state index in [1.54, 1.807) is 0 Å². The highest BCUT2D eigenvalue weighted by atomic mass is 16.6. The summed E-state index contributed by atoms with van der Waals surface area (Å²) in [6, 6.07) is 0. The van der Waals surface area contributed by atoms with Gasteiger partial charge in [-0.2, -0.15) is 4.98 Å². The standard InChI is InChI=1S/C13H21N5O3/c1-17(2)8-4-7-14-12-10(18(19)20)13(21-3)16-11(15-12)9-5-6-9/h9H,4-8H2,1-3H3,(H,14,15,16). The minimum absolute atomic E-state index is 0.0343. The van der Waals surface area contributed by atoms with Crippen LogP contribution in [0.25, 0.3) is 0 Å². The smallest absolute Gasteiger partial charge is 0.372 e. The Morgan fingerprint density at radius 2 is 2.14 bits per heavy atom. The molecule has 1 fully saturated rings. The maximum Gasteiger partial charge on any atom is 0.372 e. The van der Waals surface area contributed by atoms with E-state index in [4.69, 9.17) is 4.74 Å². The summed E-state index contributed by atoms with van der Waals surface area (Å²) in [5, 5.41) is 14.3. The van der Waals surface area contributed by atoms with Crippen LogP contribution in [0, 0.1) is 10.1 Å². The molecular weight excluding hydrogens is 274 g/mol. The third-order valence-electron chi connectivity index (χ3n) is 3.26. The van der Waals surface area contributed by atoms with Crippen molar-refractivity contribution in [2.45, 2.75) is 25.2 Å². The van der Waals surface area contributed by atoms with Crippen molar-refractivity contribution in [2.24, 2.45) is 0 Å². The van der Waals surface area contributed by atoms with E-state index in [1.807, 2.05) is 14.1 Å². The van der Waals surface area contributed by atoms with E-state index in [9.17, 15) is 10.1 Å². The van der Waals surface area contributed by atoms with Crippen molar-refractivity contribution in [3.05, 3.63) is 15.9 Å². The lowest BCUT2D eigenvalue weighted by Gasteiger charge is -2.12. The number of hydrogen-bond acceptors (Lipinski definition) is 7. The number of ether oxygens (including phenoxy) is 1. The highest BCUT2D eigenvalue weighted by Crippen LogP contribution is 2.41. The van der Waals surface area contributed by atoms with Gasteiger partial charge >= 0.3 is 5.69 Å². The van der Waals surface area contributed by atoms with Crippen LogP contribution in [0.3, 0.4) is 0 Å². The Labute approximate surface area is 123 Å². The summed E-state index contributed by atoms with van der Waals surface area (Å²) in [7, 11) is 5.37. The third kappa shape index (κ3) is 4.01. The second-order valence-corrected chi connectivity index (χ2v) is 5.40. The molecule has 1 aliphatic carbocycles. The Hall–Kier alpha value is -1.96. The van der Waals surface area contributed by atoms with Gasteiger partial charge in [-0.05, 0) is 39.9 Å². The topological polar surface area (TPSA) is 93.4 Å². The van der Waals surface area contributed by atoms with Crippen molar-refractivity contribution in [3.8, 4) is 5.88 Å². The molecule has 0 amide bonds. The Morgan fingerprint density at radius 1 is 1.43 bits per heavy atom. The van der Waals surface area contributed by atoms with E-state index in [0.717, 1.165) is 25.8 Å². The first-order valence-electron chi connectivity index (χ1n) is 7.01. The van der Waals surface area contributed by atoms with Gasteiger partial charge in [0.15, 0.2) is 0 Å². The lowest BCUT2D eigenvalue weighted by Crippen LogP contribution is -2.17. The fourth-order valence-corrected chi connectivity index (χ4v) is 2.01. The van der Waals surface area contributed by atoms with Crippen LogP contribution < -0.4 is 10.1 Å². The van der Waals surface area contributed by atoms with Gasteiger partial charge in [0.2, 0.25) is 5.82 Å². The van der Waals surface area contributed by atoms with Gasteiger partial charge in [-0.25, -0.2) is 4.98 Å². The second kappa shape index (κ2) is 6.66. The molecule has 0 radical (unpaired) electrons. The van der Waals surface area contributed by atoms with Gasteiger partial charge in [-0.15, -0.1) is 0 Å². The first kappa shape index (κ1) is 15.4. The van der Waals surface area contributed by atoms with Gasteiger partial charge in [-0.3, -0.25) is 10.1 Å². The van der Waals surface area contributed by atoms with Gasteiger partial charge in [0, 0.05) is 12.5 Å². The van der Waals surface area contributed by atoms with E-state index >= 15 is 0 Å². The van der Waals surface area contributed by atoms with Crippen molar-refractivity contribution in [1.82, 2.24) is 14.9 Å². The molecule has 0 bridgehead atoms. The summed E-state index contributed by atoms with van der Waals surface area (Å²) in [6.45, 7) is 1.52. The van der Waals surface area contributed by atoms with Crippen LogP contribution in [0.15, 0.2) is 0 Å². The van der Waals surface area contributed by atoms with Gasteiger partial charge in [0.1, 0.15) is 5.82 Å². The fourth-order valence-electron chi connectivity index (χ4n) is 2.01. The van der Waals surface area contributed by atoms with Crippen LogP contribution in [0.2, 0.25) is 0 Å². The van der Waals surface area contributed by atoms with Crippen LogP contribution >= 0.6 is 0 Å².